The maximum Gasteiger partial charge on any atom is 0.223 e. The van der Waals surface area contributed by atoms with Crippen molar-refractivity contribution in [1.82, 2.24) is 19.9 Å². The Hall–Kier alpha value is -1.95. The Balaban J connectivity index is 1.92. The summed E-state index contributed by atoms with van der Waals surface area (Å²) in [7, 11) is 1.74. The summed E-state index contributed by atoms with van der Waals surface area (Å²) in [5.41, 5.74) is 1.76. The van der Waals surface area contributed by atoms with E-state index in [4.69, 9.17) is 9.72 Å². The summed E-state index contributed by atoms with van der Waals surface area (Å²) >= 11 is 0. The molecule has 2 heterocycles. The molecule has 2 aromatic heterocycles. The molecule has 6 nitrogen and oxygen atoms in total. The van der Waals surface area contributed by atoms with Crippen molar-refractivity contribution in [2.45, 2.75) is 78.0 Å². The number of hydrogen-bond donors (Lipinski definition) is 1. The number of rotatable bonds is 7. The number of amides is 1. The highest BCUT2D eigenvalue weighted by atomic mass is 16.5. The number of carbonyl (C=O) groups is 1. The fourth-order valence-electron chi connectivity index (χ4n) is 4.24. The Morgan fingerprint density at radius 1 is 1.36 bits per heavy atom. The van der Waals surface area contributed by atoms with E-state index in [1.807, 2.05) is 12.1 Å². The van der Waals surface area contributed by atoms with Crippen molar-refractivity contribution < 1.29 is 9.53 Å². The summed E-state index contributed by atoms with van der Waals surface area (Å²) in [5.74, 6) is 1.33. The quantitative estimate of drug-likeness (QED) is 0.765. The second-order valence-electron chi connectivity index (χ2n) is 8.37. The number of aromatic nitrogens is 3. The number of nitrogens with zero attached hydrogens (tertiary/aromatic N) is 3. The van der Waals surface area contributed by atoms with Gasteiger partial charge in [-0.25, -0.2) is 9.97 Å². The van der Waals surface area contributed by atoms with Gasteiger partial charge >= 0.3 is 0 Å². The molecule has 0 spiro atoms. The van der Waals surface area contributed by atoms with Crippen molar-refractivity contribution in [3.8, 4) is 0 Å². The summed E-state index contributed by atoms with van der Waals surface area (Å²) in [6, 6.07) is 3.99. The highest BCUT2D eigenvalue weighted by molar-refractivity contribution is 5.79. The molecular formula is C22H34N4O2. The second kappa shape index (κ2) is 9.03. The molecule has 2 aromatic rings. The fourth-order valence-corrected chi connectivity index (χ4v) is 4.24. The van der Waals surface area contributed by atoms with Gasteiger partial charge in [0.1, 0.15) is 11.3 Å². The van der Waals surface area contributed by atoms with E-state index in [1.54, 1.807) is 13.3 Å². The van der Waals surface area contributed by atoms with Crippen molar-refractivity contribution >= 4 is 17.1 Å². The van der Waals surface area contributed by atoms with Crippen molar-refractivity contribution in [2.75, 3.05) is 7.11 Å². The molecule has 1 aliphatic rings. The molecule has 0 aromatic carbocycles. The molecule has 1 amide bonds. The highest BCUT2D eigenvalue weighted by Gasteiger charge is 2.32. The molecule has 4 atom stereocenters. The van der Waals surface area contributed by atoms with E-state index in [9.17, 15) is 4.79 Å². The molecule has 1 saturated carbocycles. The lowest BCUT2D eigenvalue weighted by Crippen LogP contribution is -2.40. The van der Waals surface area contributed by atoms with Crippen molar-refractivity contribution in [2.24, 2.45) is 11.8 Å². The fraction of sp³-hybridized carbons (Fsp3) is 0.682. The van der Waals surface area contributed by atoms with Gasteiger partial charge in [0.2, 0.25) is 5.91 Å². The number of ether oxygens (including phenoxy) is 1. The third-order valence-electron chi connectivity index (χ3n) is 6.11. The number of fused-ring (bicyclic) bond motifs is 1. The number of imidazole rings is 1. The zero-order chi connectivity index (χ0) is 20.3. The Kier molecular flexibility index (Phi) is 6.70. The van der Waals surface area contributed by atoms with E-state index >= 15 is 0 Å². The number of hydrogen-bond acceptors (Lipinski definition) is 4. The Morgan fingerprint density at radius 3 is 2.82 bits per heavy atom. The molecule has 1 N–H and O–H groups in total. The van der Waals surface area contributed by atoms with Crippen LogP contribution in [0.2, 0.25) is 0 Å². The smallest absolute Gasteiger partial charge is 0.223 e. The maximum atomic E-state index is 13.1. The van der Waals surface area contributed by atoms with Crippen LogP contribution in [0, 0.1) is 11.8 Å². The normalized spacial score (nSPS) is 22.4. The van der Waals surface area contributed by atoms with Gasteiger partial charge in [-0.3, -0.25) is 4.79 Å². The summed E-state index contributed by atoms with van der Waals surface area (Å²) in [6.45, 7) is 8.62. The van der Waals surface area contributed by atoms with Gasteiger partial charge in [-0.2, -0.15) is 0 Å². The first-order chi connectivity index (χ1) is 13.5. The van der Waals surface area contributed by atoms with Crippen LogP contribution in [0.3, 0.4) is 0 Å². The van der Waals surface area contributed by atoms with Crippen LogP contribution >= 0.6 is 0 Å². The van der Waals surface area contributed by atoms with Gasteiger partial charge in [-0.05, 0) is 51.2 Å². The Labute approximate surface area is 168 Å². The van der Waals surface area contributed by atoms with Crippen molar-refractivity contribution in [3.63, 3.8) is 0 Å². The number of carbonyl (C=O) groups excluding carboxylic acids is 1. The Bertz CT molecular complexity index is 801. The average Bonchev–Trinajstić information content (AvgIpc) is 3.10. The van der Waals surface area contributed by atoms with Crippen LogP contribution in [0.15, 0.2) is 18.3 Å². The van der Waals surface area contributed by atoms with E-state index in [-0.39, 0.29) is 35.9 Å². The van der Waals surface area contributed by atoms with Gasteiger partial charge in [0, 0.05) is 25.3 Å². The molecule has 0 aliphatic heterocycles. The maximum absolute atomic E-state index is 13.1. The molecule has 0 bridgehead atoms. The standard InChI is InChI=1S/C22H34N4O2/c1-6-15(4)19(25-22(27)16-9-7-10-17(13-16)28-5)21-24-18-11-8-12-23-20(18)26(21)14(2)3/h8,11-12,14-17,19H,6-7,9-10,13H2,1-5H3,(H,25,27). The largest absolute Gasteiger partial charge is 0.381 e. The molecule has 3 rings (SSSR count). The third-order valence-corrected chi connectivity index (χ3v) is 6.11. The summed E-state index contributed by atoms with van der Waals surface area (Å²) in [6.07, 6.45) is 6.78. The topological polar surface area (TPSA) is 69.0 Å². The molecule has 28 heavy (non-hydrogen) atoms. The Morgan fingerprint density at radius 2 is 2.14 bits per heavy atom. The van der Waals surface area contributed by atoms with Crippen LogP contribution in [0.25, 0.3) is 11.2 Å². The zero-order valence-electron chi connectivity index (χ0n) is 17.8. The van der Waals surface area contributed by atoms with Gasteiger partial charge < -0.3 is 14.6 Å². The summed E-state index contributed by atoms with van der Waals surface area (Å²) in [4.78, 5) is 22.6. The number of pyridine rings is 1. The molecule has 4 unspecified atom stereocenters. The first-order valence-electron chi connectivity index (χ1n) is 10.6. The van der Waals surface area contributed by atoms with E-state index < -0.39 is 0 Å². The molecule has 154 valence electrons. The molecule has 1 aliphatic carbocycles. The van der Waals surface area contributed by atoms with Gasteiger partial charge in [0.05, 0.1) is 12.1 Å². The van der Waals surface area contributed by atoms with Gasteiger partial charge in [0.15, 0.2) is 5.65 Å². The molecule has 1 fully saturated rings. The summed E-state index contributed by atoms with van der Waals surface area (Å²) < 4.78 is 7.69. The molecular weight excluding hydrogens is 352 g/mol. The van der Waals surface area contributed by atoms with Crippen LogP contribution in [-0.4, -0.2) is 33.7 Å². The minimum Gasteiger partial charge on any atom is -0.381 e. The SMILES string of the molecule is CCC(C)C(NC(=O)C1CCCC(OC)C1)c1nc2cccnc2n1C(C)C. The predicted molar refractivity (Wildman–Crippen MR) is 111 cm³/mol. The predicted octanol–water partition coefficient (Wildman–Crippen LogP) is 4.42. The summed E-state index contributed by atoms with van der Waals surface area (Å²) in [5, 5.41) is 3.35. The first-order valence-corrected chi connectivity index (χ1v) is 10.6. The van der Waals surface area contributed by atoms with Crippen LogP contribution < -0.4 is 5.32 Å². The average molecular weight is 387 g/mol. The number of nitrogens with one attached hydrogen (secondary N) is 1. The minimum absolute atomic E-state index is 0.0141. The van der Waals surface area contributed by atoms with E-state index in [2.05, 4.69) is 42.6 Å². The molecule has 0 radical (unpaired) electrons. The molecule has 0 saturated heterocycles. The third kappa shape index (κ3) is 4.22. The monoisotopic (exact) mass is 386 g/mol. The van der Waals surface area contributed by atoms with Crippen LogP contribution in [-0.2, 0) is 9.53 Å². The van der Waals surface area contributed by atoms with Crippen molar-refractivity contribution in [1.29, 1.82) is 0 Å². The highest BCUT2D eigenvalue weighted by Crippen LogP contribution is 2.31. The van der Waals surface area contributed by atoms with E-state index in [0.717, 1.165) is 49.1 Å². The minimum atomic E-state index is -0.128. The van der Waals surface area contributed by atoms with Gasteiger partial charge in [-0.15, -0.1) is 0 Å². The lowest BCUT2D eigenvalue weighted by atomic mass is 9.86. The molecule has 6 heteroatoms. The van der Waals surface area contributed by atoms with Crippen LogP contribution in [0.5, 0.6) is 0 Å². The lowest BCUT2D eigenvalue weighted by molar-refractivity contribution is -0.128. The van der Waals surface area contributed by atoms with Gasteiger partial charge in [0.25, 0.3) is 0 Å². The second-order valence-corrected chi connectivity index (χ2v) is 8.37. The van der Waals surface area contributed by atoms with Crippen LogP contribution in [0.4, 0.5) is 0 Å². The van der Waals surface area contributed by atoms with E-state index in [0.29, 0.717) is 0 Å². The van der Waals surface area contributed by atoms with Gasteiger partial charge in [-0.1, -0.05) is 26.7 Å². The van der Waals surface area contributed by atoms with E-state index in [1.165, 1.54) is 0 Å². The zero-order valence-corrected chi connectivity index (χ0v) is 17.8. The van der Waals surface area contributed by atoms with Crippen molar-refractivity contribution in [3.05, 3.63) is 24.2 Å². The first kappa shape index (κ1) is 20.8. The lowest BCUT2D eigenvalue weighted by Gasteiger charge is -2.31. The van der Waals surface area contributed by atoms with Crippen LogP contribution in [0.1, 0.15) is 77.7 Å². The number of methoxy groups -OCH3 is 1.